The number of amides is 1. The third kappa shape index (κ3) is 6.09. The number of piperazine rings is 1. The number of nitrogens with one attached hydrogen (secondary N) is 1. The van der Waals surface area contributed by atoms with Gasteiger partial charge in [-0.3, -0.25) is 14.7 Å². The van der Waals surface area contributed by atoms with E-state index in [1.807, 2.05) is 6.07 Å². The quantitative estimate of drug-likeness (QED) is 0.410. The summed E-state index contributed by atoms with van der Waals surface area (Å²) in [7, 11) is 1.46. The number of halogens is 3. The van der Waals surface area contributed by atoms with Gasteiger partial charge in [-0.15, -0.1) is 0 Å². The Morgan fingerprint density at radius 3 is 2.41 bits per heavy atom. The van der Waals surface area contributed by atoms with E-state index in [0.29, 0.717) is 48.6 Å². The van der Waals surface area contributed by atoms with Crippen LogP contribution in [0.4, 0.5) is 30.2 Å². The molecule has 0 saturated carbocycles. The van der Waals surface area contributed by atoms with Crippen LogP contribution in [0.15, 0.2) is 60.4 Å². The van der Waals surface area contributed by atoms with E-state index in [2.05, 4.69) is 26.9 Å². The summed E-state index contributed by atoms with van der Waals surface area (Å²) in [6, 6.07) is 9.47. The largest absolute Gasteiger partial charge is 0.467 e. The lowest BCUT2D eigenvalue weighted by Gasteiger charge is -2.32. The molecule has 0 atom stereocenters. The van der Waals surface area contributed by atoms with E-state index in [4.69, 9.17) is 4.74 Å². The number of ether oxygens (including phenoxy) is 1. The molecule has 4 rings (SSSR count). The molecule has 2 aromatic carbocycles. The summed E-state index contributed by atoms with van der Waals surface area (Å²) >= 11 is 0. The minimum absolute atomic E-state index is 0.0586. The maximum Gasteiger partial charge on any atom is 0.418 e. The smallest absolute Gasteiger partial charge is 0.418 e. The van der Waals surface area contributed by atoms with Crippen LogP contribution in [0.1, 0.15) is 25.0 Å². The minimum Gasteiger partial charge on any atom is -0.467 e. The van der Waals surface area contributed by atoms with E-state index >= 15 is 0 Å². The van der Waals surface area contributed by atoms with Gasteiger partial charge in [0.1, 0.15) is 0 Å². The van der Waals surface area contributed by atoms with E-state index in [0.717, 1.165) is 6.07 Å². The SMILES string of the molecule is C=C(c1cc(-c2cnc(OC)nc2)ccc1N=CC)N(C(C)=O)c1ccc(N2CCNCC2)c(C(F)(F)F)c1. The Hall–Kier alpha value is -4.25. The first-order valence-corrected chi connectivity index (χ1v) is 12.3. The molecule has 0 aliphatic carbocycles. The lowest BCUT2D eigenvalue weighted by molar-refractivity contribution is -0.137. The fourth-order valence-corrected chi connectivity index (χ4v) is 4.49. The molecule has 2 heterocycles. The Bertz CT molecular complexity index is 1380. The number of rotatable bonds is 7. The fraction of sp³-hybridized carbons (Fsp3) is 0.286. The lowest BCUT2D eigenvalue weighted by atomic mass is 10.0. The van der Waals surface area contributed by atoms with E-state index in [-0.39, 0.29) is 23.1 Å². The fourth-order valence-electron chi connectivity index (χ4n) is 4.49. The Labute approximate surface area is 224 Å². The van der Waals surface area contributed by atoms with E-state index < -0.39 is 17.6 Å². The number of benzene rings is 2. The Morgan fingerprint density at radius 2 is 1.82 bits per heavy atom. The first-order valence-electron chi connectivity index (χ1n) is 12.3. The summed E-state index contributed by atoms with van der Waals surface area (Å²) in [6.07, 6.45) is 0.143. The number of alkyl halides is 3. The molecule has 0 radical (unpaired) electrons. The molecule has 1 aromatic heterocycles. The summed E-state index contributed by atoms with van der Waals surface area (Å²) in [6.45, 7) is 9.22. The van der Waals surface area contributed by atoms with Crippen molar-refractivity contribution in [3.05, 3.63) is 66.5 Å². The van der Waals surface area contributed by atoms with E-state index in [1.54, 1.807) is 42.6 Å². The monoisotopic (exact) mass is 538 g/mol. The summed E-state index contributed by atoms with van der Waals surface area (Å²) < 4.78 is 47.7. The first kappa shape index (κ1) is 27.8. The van der Waals surface area contributed by atoms with Gasteiger partial charge in [0.15, 0.2) is 0 Å². The van der Waals surface area contributed by atoms with Gasteiger partial charge in [-0.1, -0.05) is 12.6 Å². The number of hydrogen-bond acceptors (Lipinski definition) is 7. The van der Waals surface area contributed by atoms with Crippen LogP contribution in [-0.4, -0.2) is 55.4 Å². The molecule has 0 unspecified atom stereocenters. The summed E-state index contributed by atoms with van der Waals surface area (Å²) in [5.74, 6) is -0.493. The zero-order chi connectivity index (χ0) is 28.2. The highest BCUT2D eigenvalue weighted by Crippen LogP contribution is 2.41. The molecule has 1 saturated heterocycles. The Kier molecular flexibility index (Phi) is 8.29. The zero-order valence-electron chi connectivity index (χ0n) is 21.9. The normalized spacial score (nSPS) is 13.9. The lowest BCUT2D eigenvalue weighted by Crippen LogP contribution is -2.44. The molecule has 1 N–H and O–H groups in total. The molecular formula is C28H29F3N6O2. The standard InChI is InChI=1S/C28H29F3N6O2/c1-5-33-25-8-6-20(21-16-34-27(39-4)35-17-21)14-23(25)18(2)37(19(3)38)22-7-9-26(24(15-22)28(29,30)31)36-12-10-32-11-13-36/h5-9,14-17,32H,2,10-13H2,1,3-4H3. The molecule has 39 heavy (non-hydrogen) atoms. The molecule has 11 heteroatoms. The van der Waals surface area contributed by atoms with Gasteiger partial charge >= 0.3 is 12.2 Å². The molecule has 0 bridgehead atoms. The third-order valence-corrected chi connectivity index (χ3v) is 6.31. The molecule has 1 fully saturated rings. The van der Waals surface area contributed by atoms with Crippen molar-refractivity contribution < 1.29 is 22.7 Å². The van der Waals surface area contributed by atoms with Crippen LogP contribution in [0.25, 0.3) is 16.8 Å². The average Bonchev–Trinajstić information content (AvgIpc) is 2.93. The number of hydrogen-bond donors (Lipinski definition) is 1. The van der Waals surface area contributed by atoms with Gasteiger partial charge in [-0.2, -0.15) is 13.2 Å². The summed E-state index contributed by atoms with van der Waals surface area (Å²) in [5.41, 5.74) is 1.86. The van der Waals surface area contributed by atoms with Crippen molar-refractivity contribution in [1.29, 1.82) is 0 Å². The predicted octanol–water partition coefficient (Wildman–Crippen LogP) is 5.33. The van der Waals surface area contributed by atoms with Crippen LogP contribution in [0.3, 0.4) is 0 Å². The second-order valence-electron chi connectivity index (χ2n) is 8.82. The predicted molar refractivity (Wildman–Crippen MR) is 147 cm³/mol. The number of nitrogens with zero attached hydrogens (tertiary/aromatic N) is 5. The molecular weight excluding hydrogens is 509 g/mol. The van der Waals surface area contributed by atoms with Crippen molar-refractivity contribution in [2.45, 2.75) is 20.0 Å². The number of methoxy groups -OCH3 is 1. The number of anilines is 2. The molecule has 8 nitrogen and oxygen atoms in total. The highest BCUT2D eigenvalue weighted by Gasteiger charge is 2.36. The van der Waals surface area contributed by atoms with Gasteiger partial charge in [0.05, 0.1) is 24.1 Å². The first-order chi connectivity index (χ1) is 18.6. The van der Waals surface area contributed by atoms with Crippen molar-refractivity contribution in [1.82, 2.24) is 15.3 Å². The van der Waals surface area contributed by atoms with Gasteiger partial charge in [-0.25, -0.2) is 9.97 Å². The molecule has 0 spiro atoms. The number of aliphatic imine (C=N–C) groups is 1. The van der Waals surface area contributed by atoms with Gasteiger partial charge in [-0.05, 0) is 42.8 Å². The maximum absolute atomic E-state index is 14.2. The molecule has 1 amide bonds. The highest BCUT2D eigenvalue weighted by molar-refractivity contribution is 6.06. The van der Waals surface area contributed by atoms with Gasteiger partial charge in [0.25, 0.3) is 0 Å². The maximum atomic E-state index is 14.2. The topological polar surface area (TPSA) is 83.0 Å². The van der Waals surface area contributed by atoms with Crippen LogP contribution < -0.4 is 19.9 Å². The Morgan fingerprint density at radius 1 is 1.13 bits per heavy atom. The highest BCUT2D eigenvalue weighted by atomic mass is 19.4. The van der Waals surface area contributed by atoms with Gasteiger partial charge in [0.2, 0.25) is 5.91 Å². The Balaban J connectivity index is 1.79. The molecule has 1 aliphatic rings. The van der Waals surface area contributed by atoms with E-state index in [1.165, 1.54) is 31.1 Å². The zero-order valence-corrected chi connectivity index (χ0v) is 21.9. The third-order valence-electron chi connectivity index (χ3n) is 6.31. The van der Waals surface area contributed by atoms with Gasteiger partial charge in [0, 0.05) is 74.2 Å². The second kappa shape index (κ2) is 11.6. The average molecular weight is 539 g/mol. The van der Waals surface area contributed by atoms with E-state index in [9.17, 15) is 18.0 Å². The molecule has 3 aromatic rings. The van der Waals surface area contributed by atoms with Crippen molar-refractivity contribution in [2.75, 3.05) is 43.1 Å². The van der Waals surface area contributed by atoms with Gasteiger partial charge < -0.3 is 15.0 Å². The summed E-state index contributed by atoms with van der Waals surface area (Å²) in [4.78, 5) is 28.4. The second-order valence-corrected chi connectivity index (χ2v) is 8.82. The van der Waals surface area contributed by atoms with Crippen molar-refractivity contribution in [3.8, 4) is 17.1 Å². The van der Waals surface area contributed by atoms with Crippen molar-refractivity contribution in [3.63, 3.8) is 0 Å². The number of aromatic nitrogens is 2. The van der Waals surface area contributed by atoms with Crippen LogP contribution in [0, 0.1) is 0 Å². The van der Waals surface area contributed by atoms with Crippen LogP contribution in [0.2, 0.25) is 0 Å². The van der Waals surface area contributed by atoms with Crippen LogP contribution in [-0.2, 0) is 11.0 Å². The van der Waals surface area contributed by atoms with Crippen molar-refractivity contribution >= 4 is 34.9 Å². The molecule has 204 valence electrons. The number of carbonyl (C=O) groups excluding carboxylic acids is 1. The van der Waals surface area contributed by atoms with Crippen LogP contribution in [0.5, 0.6) is 6.01 Å². The number of carbonyl (C=O) groups is 1. The van der Waals surface area contributed by atoms with Crippen molar-refractivity contribution in [2.24, 2.45) is 4.99 Å². The summed E-state index contributed by atoms with van der Waals surface area (Å²) in [5, 5.41) is 3.14. The minimum atomic E-state index is -4.62. The van der Waals surface area contributed by atoms with Crippen LogP contribution >= 0.6 is 0 Å². The molecule has 1 aliphatic heterocycles.